The van der Waals surface area contributed by atoms with Crippen molar-refractivity contribution in [2.45, 2.75) is 44.9 Å². The van der Waals surface area contributed by atoms with Crippen LogP contribution in [0.15, 0.2) is 24.3 Å². The molecule has 5 nitrogen and oxygen atoms in total. The van der Waals surface area contributed by atoms with Crippen LogP contribution in [0.4, 0.5) is 0 Å². The van der Waals surface area contributed by atoms with Gasteiger partial charge in [0.05, 0.1) is 13.5 Å². The highest BCUT2D eigenvalue weighted by Crippen LogP contribution is 2.22. The molecule has 0 atom stereocenters. The number of likely N-dealkylation sites (tertiary alicyclic amines) is 2. The van der Waals surface area contributed by atoms with Crippen LogP contribution in [0.25, 0.3) is 0 Å². The highest BCUT2D eigenvalue weighted by Gasteiger charge is 2.30. The van der Waals surface area contributed by atoms with Crippen LogP contribution in [0.5, 0.6) is 5.75 Å². The van der Waals surface area contributed by atoms with Crippen molar-refractivity contribution in [3.8, 4) is 5.75 Å². The van der Waals surface area contributed by atoms with Gasteiger partial charge in [-0.05, 0) is 43.4 Å². The molecule has 2 heterocycles. The van der Waals surface area contributed by atoms with Gasteiger partial charge in [-0.3, -0.25) is 9.59 Å². The van der Waals surface area contributed by atoms with Crippen LogP contribution in [-0.4, -0.2) is 54.9 Å². The van der Waals surface area contributed by atoms with E-state index >= 15 is 0 Å². The van der Waals surface area contributed by atoms with Gasteiger partial charge < -0.3 is 14.5 Å². The van der Waals surface area contributed by atoms with E-state index in [0.29, 0.717) is 25.4 Å². The third kappa shape index (κ3) is 4.77. The molecular weight excluding hydrogens is 328 g/mol. The molecule has 2 fully saturated rings. The highest BCUT2D eigenvalue weighted by atomic mass is 16.5. The van der Waals surface area contributed by atoms with Gasteiger partial charge in [-0.2, -0.15) is 0 Å². The molecule has 0 radical (unpaired) electrons. The van der Waals surface area contributed by atoms with E-state index in [-0.39, 0.29) is 11.8 Å². The molecule has 0 saturated carbocycles. The van der Waals surface area contributed by atoms with Crippen molar-refractivity contribution in [3.05, 3.63) is 29.8 Å². The molecule has 0 aromatic heterocycles. The van der Waals surface area contributed by atoms with Gasteiger partial charge in [0, 0.05) is 32.1 Å². The molecule has 3 rings (SSSR count). The maximum absolute atomic E-state index is 12.7. The van der Waals surface area contributed by atoms with Crippen LogP contribution in [0, 0.1) is 5.92 Å². The SMILES string of the molecule is COc1ccc(CC(=O)N2CCC(C(=O)N3CCCCCC3)CC2)cc1. The number of ether oxygens (including phenoxy) is 1. The van der Waals surface area contributed by atoms with Crippen molar-refractivity contribution in [2.75, 3.05) is 33.3 Å². The lowest BCUT2D eigenvalue weighted by Gasteiger charge is -2.34. The van der Waals surface area contributed by atoms with Gasteiger partial charge in [0.1, 0.15) is 5.75 Å². The normalized spacial score (nSPS) is 19.1. The number of nitrogens with zero attached hydrogens (tertiary/aromatic N) is 2. The Morgan fingerprint density at radius 2 is 1.54 bits per heavy atom. The van der Waals surface area contributed by atoms with E-state index < -0.39 is 0 Å². The second-order valence-corrected chi connectivity index (χ2v) is 7.42. The predicted octanol–water partition coefficient (Wildman–Crippen LogP) is 2.88. The minimum absolute atomic E-state index is 0.0955. The maximum atomic E-state index is 12.7. The smallest absolute Gasteiger partial charge is 0.226 e. The number of benzene rings is 1. The lowest BCUT2D eigenvalue weighted by Crippen LogP contribution is -2.45. The summed E-state index contributed by atoms with van der Waals surface area (Å²) in [6, 6.07) is 7.64. The van der Waals surface area contributed by atoms with Gasteiger partial charge in [-0.15, -0.1) is 0 Å². The zero-order valence-electron chi connectivity index (χ0n) is 15.8. The molecule has 2 aliphatic heterocycles. The minimum atomic E-state index is 0.0955. The van der Waals surface area contributed by atoms with Gasteiger partial charge in [0.15, 0.2) is 0 Å². The summed E-state index contributed by atoms with van der Waals surface area (Å²) in [5.74, 6) is 1.36. The summed E-state index contributed by atoms with van der Waals surface area (Å²) < 4.78 is 5.15. The number of rotatable bonds is 4. The standard InChI is InChI=1S/C21H30N2O3/c1-26-19-8-6-17(7-9-19)16-20(24)22-14-10-18(11-15-22)21(25)23-12-4-2-3-5-13-23/h6-9,18H,2-5,10-16H2,1H3. The lowest BCUT2D eigenvalue weighted by molar-refractivity contribution is -0.140. The average Bonchev–Trinajstić information content (AvgIpc) is 2.97. The molecule has 2 amide bonds. The van der Waals surface area contributed by atoms with E-state index in [9.17, 15) is 9.59 Å². The zero-order valence-corrected chi connectivity index (χ0v) is 15.8. The summed E-state index contributed by atoms with van der Waals surface area (Å²) in [4.78, 5) is 29.3. The Hall–Kier alpha value is -2.04. The Morgan fingerprint density at radius 3 is 2.12 bits per heavy atom. The maximum Gasteiger partial charge on any atom is 0.226 e. The second kappa shape index (κ2) is 9.06. The number of carbonyl (C=O) groups is 2. The zero-order chi connectivity index (χ0) is 18.4. The first-order valence-corrected chi connectivity index (χ1v) is 9.87. The largest absolute Gasteiger partial charge is 0.497 e. The molecule has 1 aromatic rings. The van der Waals surface area contributed by atoms with E-state index in [1.807, 2.05) is 29.2 Å². The Bertz CT molecular complexity index is 598. The molecule has 0 unspecified atom stereocenters. The summed E-state index contributed by atoms with van der Waals surface area (Å²) >= 11 is 0. The molecule has 142 valence electrons. The Morgan fingerprint density at radius 1 is 0.923 bits per heavy atom. The van der Waals surface area contributed by atoms with Crippen molar-refractivity contribution >= 4 is 11.8 Å². The van der Waals surface area contributed by atoms with E-state index in [2.05, 4.69) is 4.90 Å². The molecule has 2 saturated heterocycles. The third-order valence-corrected chi connectivity index (χ3v) is 5.63. The number of methoxy groups -OCH3 is 1. The number of amides is 2. The predicted molar refractivity (Wildman–Crippen MR) is 101 cm³/mol. The number of carbonyl (C=O) groups excluding carboxylic acids is 2. The van der Waals surface area contributed by atoms with Crippen LogP contribution in [0.1, 0.15) is 44.1 Å². The Labute approximate surface area is 156 Å². The molecular formula is C21H30N2O3. The monoisotopic (exact) mass is 358 g/mol. The lowest BCUT2D eigenvalue weighted by atomic mass is 9.94. The quantitative estimate of drug-likeness (QED) is 0.832. The van der Waals surface area contributed by atoms with Gasteiger partial charge in [0.25, 0.3) is 0 Å². The summed E-state index contributed by atoms with van der Waals surface area (Å²) in [5, 5.41) is 0. The molecule has 0 aliphatic carbocycles. The van der Waals surface area contributed by atoms with E-state index in [0.717, 1.165) is 50.1 Å². The van der Waals surface area contributed by atoms with Crippen LogP contribution >= 0.6 is 0 Å². The number of hydrogen-bond donors (Lipinski definition) is 0. The fourth-order valence-corrected chi connectivity index (χ4v) is 3.95. The van der Waals surface area contributed by atoms with E-state index in [1.165, 1.54) is 12.8 Å². The van der Waals surface area contributed by atoms with Crippen molar-refractivity contribution in [2.24, 2.45) is 5.92 Å². The summed E-state index contributed by atoms with van der Waals surface area (Å²) in [6.45, 7) is 3.21. The Balaban J connectivity index is 1.47. The van der Waals surface area contributed by atoms with Crippen LogP contribution < -0.4 is 4.74 Å². The Kier molecular flexibility index (Phi) is 6.53. The summed E-state index contributed by atoms with van der Waals surface area (Å²) in [6.07, 6.45) is 6.74. The van der Waals surface area contributed by atoms with E-state index in [1.54, 1.807) is 7.11 Å². The molecule has 1 aromatic carbocycles. The van der Waals surface area contributed by atoms with E-state index in [4.69, 9.17) is 4.74 Å². The first-order valence-electron chi connectivity index (χ1n) is 9.87. The van der Waals surface area contributed by atoms with Crippen molar-refractivity contribution in [3.63, 3.8) is 0 Å². The highest BCUT2D eigenvalue weighted by molar-refractivity contribution is 5.81. The topological polar surface area (TPSA) is 49.9 Å². The fourth-order valence-electron chi connectivity index (χ4n) is 3.95. The van der Waals surface area contributed by atoms with Gasteiger partial charge in [-0.1, -0.05) is 25.0 Å². The number of piperidine rings is 1. The molecule has 2 aliphatic rings. The minimum Gasteiger partial charge on any atom is -0.497 e. The van der Waals surface area contributed by atoms with Crippen molar-refractivity contribution in [1.82, 2.24) is 9.80 Å². The van der Waals surface area contributed by atoms with Gasteiger partial charge in [-0.25, -0.2) is 0 Å². The molecule has 5 heteroatoms. The third-order valence-electron chi connectivity index (χ3n) is 5.63. The average molecular weight is 358 g/mol. The molecule has 0 N–H and O–H groups in total. The van der Waals surface area contributed by atoms with Crippen molar-refractivity contribution < 1.29 is 14.3 Å². The van der Waals surface area contributed by atoms with Gasteiger partial charge >= 0.3 is 0 Å². The van der Waals surface area contributed by atoms with Gasteiger partial charge in [0.2, 0.25) is 11.8 Å². The second-order valence-electron chi connectivity index (χ2n) is 7.42. The molecule has 26 heavy (non-hydrogen) atoms. The fraction of sp³-hybridized carbons (Fsp3) is 0.619. The first kappa shape index (κ1) is 18.7. The first-order chi connectivity index (χ1) is 12.7. The molecule has 0 spiro atoms. The van der Waals surface area contributed by atoms with Crippen molar-refractivity contribution in [1.29, 1.82) is 0 Å². The number of hydrogen-bond acceptors (Lipinski definition) is 3. The van der Waals surface area contributed by atoms with Crippen LogP contribution in [0.3, 0.4) is 0 Å². The summed E-state index contributed by atoms with van der Waals surface area (Å²) in [5.41, 5.74) is 0.999. The van der Waals surface area contributed by atoms with Crippen LogP contribution in [0.2, 0.25) is 0 Å². The van der Waals surface area contributed by atoms with Crippen LogP contribution in [-0.2, 0) is 16.0 Å². The molecule has 0 bridgehead atoms. The summed E-state index contributed by atoms with van der Waals surface area (Å²) in [7, 11) is 1.64.